The summed E-state index contributed by atoms with van der Waals surface area (Å²) in [5, 5.41) is 12.3. The topological polar surface area (TPSA) is 118 Å². The Hall–Kier alpha value is -3.42. The monoisotopic (exact) mass is 483 g/mol. The molecule has 182 valence electrons. The minimum atomic E-state index is -4.39. The molecule has 0 radical (unpaired) electrons. The van der Waals surface area contributed by atoms with Crippen molar-refractivity contribution in [1.82, 2.24) is 29.9 Å². The lowest BCUT2D eigenvalue weighted by Crippen LogP contribution is -2.39. The zero-order valence-electron chi connectivity index (χ0n) is 17.9. The van der Waals surface area contributed by atoms with Crippen LogP contribution in [0, 0.1) is 0 Å². The Morgan fingerprint density at radius 2 is 2.21 bits per heavy atom. The molecule has 0 bridgehead atoms. The number of H-pyrrole nitrogens is 1. The molecule has 10 nitrogen and oxygen atoms in total. The molecule has 2 fully saturated rings. The van der Waals surface area contributed by atoms with Crippen molar-refractivity contribution < 1.29 is 31.8 Å². The molecule has 3 N–H and O–H groups in total. The van der Waals surface area contributed by atoms with Crippen LogP contribution in [0.4, 0.5) is 34.1 Å². The molecule has 0 aromatic carbocycles. The summed E-state index contributed by atoms with van der Waals surface area (Å²) in [6, 6.07) is 2.96. The fourth-order valence-electron chi connectivity index (χ4n) is 3.68. The van der Waals surface area contributed by atoms with Gasteiger partial charge in [0.1, 0.15) is 11.8 Å². The van der Waals surface area contributed by atoms with Gasteiger partial charge in [-0.3, -0.25) is 9.50 Å². The van der Waals surface area contributed by atoms with Crippen molar-refractivity contribution in [3.63, 3.8) is 0 Å². The number of ether oxygens (including phenoxy) is 2. The third-order valence-electron chi connectivity index (χ3n) is 5.70. The zero-order valence-corrected chi connectivity index (χ0v) is 17.9. The molecule has 1 aliphatic carbocycles. The van der Waals surface area contributed by atoms with Crippen molar-refractivity contribution >= 4 is 23.5 Å². The first kappa shape index (κ1) is 22.4. The van der Waals surface area contributed by atoms with E-state index in [1.807, 2.05) is 6.92 Å². The Morgan fingerprint density at radius 3 is 2.94 bits per heavy atom. The van der Waals surface area contributed by atoms with Crippen LogP contribution in [-0.4, -0.2) is 61.3 Å². The van der Waals surface area contributed by atoms with Crippen molar-refractivity contribution in [2.24, 2.45) is 0 Å². The summed E-state index contributed by atoms with van der Waals surface area (Å²) in [6.07, 6.45) is -5.65. The highest BCUT2D eigenvalue weighted by atomic mass is 19.4. The van der Waals surface area contributed by atoms with Gasteiger partial charge in [0.2, 0.25) is 5.95 Å². The smallest absolute Gasteiger partial charge is 0.408 e. The predicted molar refractivity (Wildman–Crippen MR) is 109 cm³/mol. The maximum Gasteiger partial charge on any atom is 0.408 e. The molecule has 3 aromatic heterocycles. The molecule has 1 saturated heterocycles. The second-order valence-corrected chi connectivity index (χ2v) is 8.68. The Balaban J connectivity index is 1.25. The van der Waals surface area contributed by atoms with Crippen LogP contribution in [-0.2, 0) is 15.9 Å². The van der Waals surface area contributed by atoms with E-state index in [4.69, 9.17) is 9.47 Å². The van der Waals surface area contributed by atoms with E-state index >= 15 is 0 Å². The number of rotatable bonds is 6. The van der Waals surface area contributed by atoms with E-state index in [9.17, 15) is 22.4 Å². The van der Waals surface area contributed by atoms with E-state index in [1.54, 1.807) is 0 Å². The first-order valence-corrected chi connectivity index (χ1v) is 10.6. The average molecular weight is 483 g/mol. The van der Waals surface area contributed by atoms with E-state index in [2.05, 4.69) is 30.8 Å². The fourth-order valence-corrected chi connectivity index (χ4v) is 3.68. The van der Waals surface area contributed by atoms with Gasteiger partial charge in [-0.25, -0.2) is 19.2 Å². The van der Waals surface area contributed by atoms with Gasteiger partial charge in [-0.1, -0.05) is 0 Å². The van der Waals surface area contributed by atoms with E-state index in [0.717, 1.165) is 12.8 Å². The number of alkyl carbamates (subject to hydrolysis) is 1. The lowest BCUT2D eigenvalue weighted by atomic mass is 10.1. The third kappa shape index (κ3) is 4.76. The number of alkyl halides is 4. The first-order chi connectivity index (χ1) is 16.1. The van der Waals surface area contributed by atoms with E-state index in [1.165, 1.54) is 28.9 Å². The van der Waals surface area contributed by atoms with Crippen molar-refractivity contribution in [2.75, 3.05) is 11.9 Å². The predicted octanol–water partition coefficient (Wildman–Crippen LogP) is 3.36. The third-order valence-corrected chi connectivity index (χ3v) is 5.70. The summed E-state index contributed by atoms with van der Waals surface area (Å²) in [4.78, 5) is 20.0. The highest BCUT2D eigenvalue weighted by molar-refractivity contribution is 5.69. The second-order valence-electron chi connectivity index (χ2n) is 8.68. The average Bonchev–Trinajstić information content (AvgIpc) is 3.10. The van der Waals surface area contributed by atoms with Crippen LogP contribution in [0.5, 0.6) is 0 Å². The van der Waals surface area contributed by atoms with Gasteiger partial charge >= 0.3 is 12.3 Å². The molecule has 5 rings (SSSR count). The molecule has 3 aromatic rings. The lowest BCUT2D eigenvalue weighted by Gasteiger charge is -2.17. The SMILES string of the molecule is CC1(NC(=O)O[C@@H]2CO[C@H](c3cc(Nc4nccc5nc(CC(F)(F)F)cn45)n[nH]3)[C@H]2F)CC1. The van der Waals surface area contributed by atoms with Gasteiger partial charge in [-0.05, 0) is 25.8 Å². The second kappa shape index (κ2) is 8.11. The lowest BCUT2D eigenvalue weighted by molar-refractivity contribution is -0.127. The quantitative estimate of drug-likeness (QED) is 0.460. The summed E-state index contributed by atoms with van der Waals surface area (Å²) in [5.41, 5.74) is 0.127. The van der Waals surface area contributed by atoms with Gasteiger partial charge in [-0.2, -0.15) is 18.3 Å². The van der Waals surface area contributed by atoms with Crippen LogP contribution in [0.1, 0.15) is 37.3 Å². The number of halogens is 4. The summed E-state index contributed by atoms with van der Waals surface area (Å²) in [7, 11) is 0. The minimum Gasteiger partial charge on any atom is -0.441 e. The van der Waals surface area contributed by atoms with Crippen LogP contribution in [0.25, 0.3) is 5.65 Å². The summed E-state index contributed by atoms with van der Waals surface area (Å²) >= 11 is 0. The van der Waals surface area contributed by atoms with Gasteiger partial charge in [0, 0.05) is 24.0 Å². The van der Waals surface area contributed by atoms with Gasteiger partial charge in [0.25, 0.3) is 0 Å². The molecule has 0 unspecified atom stereocenters. The maximum atomic E-state index is 14.9. The van der Waals surface area contributed by atoms with Crippen LogP contribution < -0.4 is 10.6 Å². The van der Waals surface area contributed by atoms with Crippen LogP contribution in [0.3, 0.4) is 0 Å². The molecule has 1 saturated carbocycles. The Labute approximate surface area is 190 Å². The number of imidazole rings is 1. The van der Waals surface area contributed by atoms with Gasteiger partial charge in [-0.15, -0.1) is 0 Å². The number of carbonyl (C=O) groups excluding carboxylic acids is 1. The van der Waals surface area contributed by atoms with Gasteiger partial charge in [0.05, 0.1) is 24.4 Å². The van der Waals surface area contributed by atoms with E-state index < -0.39 is 37.1 Å². The van der Waals surface area contributed by atoms with E-state index in [-0.39, 0.29) is 35.3 Å². The number of aromatic amines is 1. The standard InChI is InChI=1S/C20H21F4N7O3/c1-19(3-4-19)28-18(32)34-12-9-33-16(15(12)21)11-6-13(30-29-11)27-17-25-5-2-14-26-10(8-31(14)17)7-20(22,23)24/h2,5-6,8,12,15-16H,3-4,7,9H2,1H3,(H,28,32)(H2,25,27,29,30)/t12-,15+,16-/m1/s1. The molecule has 2 aliphatic rings. The number of carbonyl (C=O) groups is 1. The molecule has 1 amide bonds. The highest BCUT2D eigenvalue weighted by Gasteiger charge is 2.44. The molecule has 34 heavy (non-hydrogen) atoms. The van der Waals surface area contributed by atoms with Crippen molar-refractivity contribution in [3.05, 3.63) is 35.9 Å². The first-order valence-electron chi connectivity index (χ1n) is 10.6. The van der Waals surface area contributed by atoms with Crippen molar-refractivity contribution in [3.8, 4) is 0 Å². The minimum absolute atomic E-state index is 0.115. The van der Waals surface area contributed by atoms with Crippen molar-refractivity contribution in [1.29, 1.82) is 0 Å². The number of amides is 1. The van der Waals surface area contributed by atoms with Crippen molar-refractivity contribution in [2.45, 2.75) is 56.3 Å². The Bertz CT molecular complexity index is 1210. The number of aromatic nitrogens is 5. The number of hydrogen-bond donors (Lipinski definition) is 3. The maximum absolute atomic E-state index is 14.9. The number of nitrogens with zero attached hydrogens (tertiary/aromatic N) is 4. The normalized spacial score (nSPS) is 23.7. The molecule has 3 atom stereocenters. The zero-order chi connectivity index (χ0) is 24.1. The summed E-state index contributed by atoms with van der Waals surface area (Å²) in [5.74, 6) is 0.410. The number of anilines is 2. The molecular formula is C20H21F4N7O3. The van der Waals surface area contributed by atoms with E-state index in [0.29, 0.717) is 5.69 Å². The Kier molecular flexibility index (Phi) is 5.34. The fraction of sp³-hybridized carbons (Fsp3) is 0.500. The van der Waals surface area contributed by atoms with Crippen LogP contribution in [0.2, 0.25) is 0 Å². The molecule has 0 spiro atoms. The summed E-state index contributed by atoms with van der Waals surface area (Å²) in [6.45, 7) is 1.76. The molecule has 14 heteroatoms. The summed E-state index contributed by atoms with van der Waals surface area (Å²) < 4.78 is 65.0. The van der Waals surface area contributed by atoms with Crippen LogP contribution in [0.15, 0.2) is 24.5 Å². The molecule has 1 aliphatic heterocycles. The highest BCUT2D eigenvalue weighted by Crippen LogP contribution is 2.36. The molecular weight excluding hydrogens is 462 g/mol. The number of hydrogen-bond acceptors (Lipinski definition) is 7. The number of fused-ring (bicyclic) bond motifs is 1. The van der Waals surface area contributed by atoms with Crippen LogP contribution >= 0.6 is 0 Å². The number of nitrogens with one attached hydrogen (secondary N) is 3. The molecule has 4 heterocycles. The largest absolute Gasteiger partial charge is 0.441 e. The Morgan fingerprint density at radius 1 is 1.41 bits per heavy atom. The van der Waals surface area contributed by atoms with Gasteiger partial charge in [0.15, 0.2) is 18.1 Å². The van der Waals surface area contributed by atoms with Gasteiger partial charge < -0.3 is 20.1 Å².